The fourth-order valence-corrected chi connectivity index (χ4v) is 5.73. The lowest BCUT2D eigenvalue weighted by Crippen LogP contribution is -2.60. The highest BCUT2D eigenvalue weighted by Gasteiger charge is 2.43. The summed E-state index contributed by atoms with van der Waals surface area (Å²) in [5, 5.41) is 0. The fourth-order valence-electron chi connectivity index (χ4n) is 4.78. The number of carbonyl (C=O) groups excluding carboxylic acids is 1. The molecule has 0 saturated carbocycles. The van der Waals surface area contributed by atoms with Crippen molar-refractivity contribution in [3.05, 3.63) is 11.5 Å². The van der Waals surface area contributed by atoms with Gasteiger partial charge in [0.25, 0.3) is 0 Å². The third kappa shape index (κ3) is 13.5. The van der Waals surface area contributed by atoms with E-state index in [1.807, 2.05) is 0 Å². The van der Waals surface area contributed by atoms with Gasteiger partial charge in [-0.15, -0.1) is 0 Å². The maximum atomic E-state index is 12.4. The number of carbonyl (C=O) groups is 1. The second-order valence-electron chi connectivity index (χ2n) is 11.4. The Morgan fingerprint density at radius 2 is 1.15 bits per heavy atom. The van der Waals surface area contributed by atoms with Gasteiger partial charge >= 0.3 is 5.97 Å². The summed E-state index contributed by atoms with van der Waals surface area (Å²) in [4.78, 5) is 12.9. The minimum absolute atomic E-state index is 0.163. The lowest BCUT2D eigenvalue weighted by molar-refractivity contribution is -0.138. The van der Waals surface area contributed by atoms with Crippen molar-refractivity contribution in [2.45, 2.75) is 148 Å². The normalized spacial score (nSPS) is 17.6. The molecule has 1 heterocycles. The van der Waals surface area contributed by atoms with E-state index in [1.54, 1.807) is 0 Å². The molecule has 5 heteroatoms. The highest BCUT2D eigenvalue weighted by molar-refractivity contribution is 8.01. The molecule has 0 aromatic heterocycles. The first-order valence-electron chi connectivity index (χ1n) is 14.1. The van der Waals surface area contributed by atoms with Crippen LogP contribution in [-0.4, -0.2) is 41.2 Å². The van der Waals surface area contributed by atoms with Crippen molar-refractivity contribution in [2.24, 2.45) is 0 Å². The third-order valence-electron chi connectivity index (χ3n) is 6.67. The van der Waals surface area contributed by atoms with Crippen LogP contribution in [0.2, 0.25) is 0 Å². The first-order valence-corrected chi connectivity index (χ1v) is 14.9. The van der Waals surface area contributed by atoms with Crippen molar-refractivity contribution in [2.75, 3.05) is 19.8 Å². The quantitative estimate of drug-likeness (QED) is 0.0727. The highest BCUT2D eigenvalue weighted by atomic mass is 32.2. The summed E-state index contributed by atoms with van der Waals surface area (Å²) in [6.45, 7) is 16.6. The summed E-state index contributed by atoms with van der Waals surface area (Å²) < 4.78 is 13.5. The Balaban J connectivity index is 1.96. The summed E-state index contributed by atoms with van der Waals surface area (Å²) >= 11 is 1.42. The van der Waals surface area contributed by atoms with Crippen molar-refractivity contribution in [3.63, 3.8) is 0 Å². The van der Waals surface area contributed by atoms with Crippen LogP contribution in [0.4, 0.5) is 0 Å². The van der Waals surface area contributed by atoms with E-state index in [-0.39, 0.29) is 17.0 Å². The molecule has 1 saturated heterocycles. The molecule has 34 heavy (non-hydrogen) atoms. The van der Waals surface area contributed by atoms with E-state index in [1.165, 1.54) is 102 Å². The first kappa shape index (κ1) is 31.5. The van der Waals surface area contributed by atoms with E-state index >= 15 is 0 Å². The summed E-state index contributed by atoms with van der Waals surface area (Å²) in [5.74, 6) is -0.288. The zero-order valence-electron chi connectivity index (χ0n) is 23.2. The molecular formula is C29H55NO3S. The molecule has 200 valence electrons. The molecule has 0 unspecified atom stereocenters. The van der Waals surface area contributed by atoms with Gasteiger partial charge in [-0.1, -0.05) is 110 Å². The molecular weight excluding hydrogens is 442 g/mol. The molecule has 0 spiro atoms. The Bertz CT molecular complexity index is 546. The first-order chi connectivity index (χ1) is 16.2. The average Bonchev–Trinajstić information content (AvgIpc) is 2.77. The van der Waals surface area contributed by atoms with Crippen LogP contribution in [0.1, 0.15) is 137 Å². The number of esters is 1. The molecule has 0 bridgehead atoms. The SMILES string of the molecule is C=C(SN1C(C)(C)COCC1(C)C)C(=O)OCCCCCCCCCCCCCCCCCC. The van der Waals surface area contributed by atoms with Crippen LogP contribution in [0.15, 0.2) is 11.5 Å². The highest BCUT2D eigenvalue weighted by Crippen LogP contribution is 2.39. The van der Waals surface area contributed by atoms with Crippen molar-refractivity contribution in [3.8, 4) is 0 Å². The number of hydrogen-bond acceptors (Lipinski definition) is 5. The second-order valence-corrected chi connectivity index (χ2v) is 12.4. The van der Waals surface area contributed by atoms with E-state index < -0.39 is 0 Å². The van der Waals surface area contributed by atoms with E-state index in [0.29, 0.717) is 24.7 Å². The van der Waals surface area contributed by atoms with Crippen molar-refractivity contribution < 1.29 is 14.3 Å². The van der Waals surface area contributed by atoms with Crippen molar-refractivity contribution in [1.29, 1.82) is 0 Å². The van der Waals surface area contributed by atoms with Gasteiger partial charge in [-0.05, 0) is 46.1 Å². The number of unbranched alkanes of at least 4 members (excludes halogenated alkanes) is 15. The van der Waals surface area contributed by atoms with Gasteiger partial charge in [0.1, 0.15) is 4.91 Å². The molecule has 1 aliphatic rings. The molecule has 1 fully saturated rings. The molecule has 0 radical (unpaired) electrons. The van der Waals surface area contributed by atoms with Crippen LogP contribution in [0.5, 0.6) is 0 Å². The predicted octanol–water partition coefficient (Wildman–Crippen LogP) is 8.84. The Morgan fingerprint density at radius 3 is 1.56 bits per heavy atom. The number of nitrogens with zero attached hydrogens (tertiary/aromatic N) is 1. The molecule has 0 aromatic rings. The monoisotopic (exact) mass is 497 g/mol. The van der Waals surface area contributed by atoms with E-state index in [9.17, 15) is 4.79 Å². The zero-order chi connectivity index (χ0) is 25.3. The summed E-state index contributed by atoms with van der Waals surface area (Å²) in [6, 6.07) is 0. The molecule has 0 N–H and O–H groups in total. The number of morpholine rings is 1. The van der Waals surface area contributed by atoms with Gasteiger partial charge in [-0.25, -0.2) is 9.10 Å². The lowest BCUT2D eigenvalue weighted by Gasteiger charge is -2.51. The minimum Gasteiger partial charge on any atom is -0.462 e. The van der Waals surface area contributed by atoms with Gasteiger partial charge in [0.15, 0.2) is 0 Å². The number of ether oxygens (including phenoxy) is 2. The van der Waals surface area contributed by atoms with Gasteiger partial charge in [0.05, 0.1) is 30.9 Å². The molecule has 0 amide bonds. The largest absolute Gasteiger partial charge is 0.462 e. The van der Waals surface area contributed by atoms with E-state index in [0.717, 1.165) is 12.8 Å². The standard InChI is InChI=1S/C29H55NO3S/c1-7-8-9-10-11-12-13-14-15-16-17-18-19-20-21-22-23-33-27(31)26(2)34-30-28(3,4)24-32-25-29(30,5)6/h2,7-25H2,1,3-6H3. The summed E-state index contributed by atoms with van der Waals surface area (Å²) in [5.41, 5.74) is -0.326. The molecule has 1 aliphatic heterocycles. The van der Waals surface area contributed by atoms with Crippen molar-refractivity contribution in [1.82, 2.24) is 4.31 Å². The summed E-state index contributed by atoms with van der Waals surface area (Å²) in [7, 11) is 0. The smallest absolute Gasteiger partial charge is 0.345 e. The second kappa shape index (κ2) is 17.8. The van der Waals surface area contributed by atoms with Crippen LogP contribution < -0.4 is 0 Å². The van der Waals surface area contributed by atoms with Crippen LogP contribution >= 0.6 is 11.9 Å². The topological polar surface area (TPSA) is 38.8 Å². The molecule has 0 aliphatic carbocycles. The minimum atomic E-state index is -0.288. The van der Waals surface area contributed by atoms with E-state index in [2.05, 4.69) is 45.5 Å². The van der Waals surface area contributed by atoms with Gasteiger partial charge in [-0.3, -0.25) is 0 Å². The Labute approximate surface area is 216 Å². The molecule has 1 rings (SSSR count). The van der Waals surface area contributed by atoms with Gasteiger partial charge in [-0.2, -0.15) is 0 Å². The van der Waals surface area contributed by atoms with Crippen LogP contribution in [0.25, 0.3) is 0 Å². The maximum Gasteiger partial charge on any atom is 0.345 e. The van der Waals surface area contributed by atoms with Gasteiger partial charge in [0, 0.05) is 0 Å². The Morgan fingerprint density at radius 1 is 0.765 bits per heavy atom. The molecule has 0 atom stereocenters. The number of hydrogen-bond donors (Lipinski definition) is 0. The third-order valence-corrected chi connectivity index (χ3v) is 8.23. The predicted molar refractivity (Wildman–Crippen MR) is 148 cm³/mol. The summed E-state index contributed by atoms with van der Waals surface area (Å²) in [6.07, 6.45) is 21.5. The van der Waals surface area contributed by atoms with Gasteiger partial charge < -0.3 is 9.47 Å². The van der Waals surface area contributed by atoms with Crippen LogP contribution in [0, 0.1) is 0 Å². The zero-order valence-corrected chi connectivity index (χ0v) is 24.0. The molecule has 4 nitrogen and oxygen atoms in total. The van der Waals surface area contributed by atoms with E-state index in [4.69, 9.17) is 9.47 Å². The average molecular weight is 498 g/mol. The fraction of sp³-hybridized carbons (Fsp3) is 0.897. The Hall–Kier alpha value is -0.520. The van der Waals surface area contributed by atoms with Crippen LogP contribution in [0.3, 0.4) is 0 Å². The van der Waals surface area contributed by atoms with Crippen molar-refractivity contribution >= 4 is 17.9 Å². The lowest BCUT2D eigenvalue weighted by atomic mass is 9.96. The maximum absolute atomic E-state index is 12.4. The van der Waals surface area contributed by atoms with Gasteiger partial charge in [0.2, 0.25) is 0 Å². The molecule has 0 aromatic carbocycles. The number of rotatable bonds is 20. The Kier molecular flexibility index (Phi) is 16.5. The van der Waals surface area contributed by atoms with Crippen LogP contribution in [-0.2, 0) is 14.3 Å².